The first-order valence-electron chi connectivity index (χ1n) is 13.7. The zero-order valence-electron chi connectivity index (χ0n) is 23.2. The molecule has 2 aliphatic heterocycles. The second-order valence-corrected chi connectivity index (χ2v) is 11.3. The maximum atomic E-state index is 13.9. The van der Waals surface area contributed by atoms with Gasteiger partial charge in [-0.2, -0.15) is 0 Å². The maximum absolute atomic E-state index is 13.9. The normalized spacial score (nSPS) is 16.7. The fraction of sp³-hybridized carbons (Fsp3) is 0.300. The monoisotopic (exact) mass is 592 g/mol. The van der Waals surface area contributed by atoms with Gasteiger partial charge in [0.25, 0.3) is 5.92 Å². The number of fused-ring (bicyclic) bond motifs is 2. The quantitative estimate of drug-likeness (QED) is 0.230. The van der Waals surface area contributed by atoms with Gasteiger partial charge in [-0.1, -0.05) is 29.8 Å². The van der Waals surface area contributed by atoms with E-state index in [1.165, 1.54) is 6.21 Å². The Hall–Kier alpha value is -3.96. The van der Waals surface area contributed by atoms with Crippen LogP contribution >= 0.6 is 11.6 Å². The fourth-order valence-electron chi connectivity index (χ4n) is 5.56. The molecule has 2 aromatic heterocycles. The van der Waals surface area contributed by atoms with Crippen molar-refractivity contribution in [3.63, 3.8) is 0 Å². The second-order valence-electron chi connectivity index (χ2n) is 10.9. The van der Waals surface area contributed by atoms with Crippen LogP contribution in [0.15, 0.2) is 56.8 Å². The lowest BCUT2D eigenvalue weighted by atomic mass is 9.75. The third-order valence-corrected chi connectivity index (χ3v) is 8.04. The van der Waals surface area contributed by atoms with Gasteiger partial charge in [0.05, 0.1) is 34.6 Å². The number of nitrogens with zero attached hydrogens (tertiary/aromatic N) is 3. The number of aromatic nitrogens is 1. The second kappa shape index (κ2) is 10.7. The first-order valence-corrected chi connectivity index (χ1v) is 14.0. The summed E-state index contributed by atoms with van der Waals surface area (Å²) in [6, 6.07) is 12.3. The number of hydrogen-bond acceptors (Lipinski definition) is 8. The number of aryl methyl sites for hydroxylation is 1. The van der Waals surface area contributed by atoms with Gasteiger partial charge >= 0.3 is 7.12 Å². The van der Waals surface area contributed by atoms with Gasteiger partial charge in [-0.25, -0.2) is 13.8 Å². The highest BCUT2D eigenvalue weighted by atomic mass is 35.5. The average molecular weight is 593 g/mol. The molecule has 0 saturated carbocycles. The molecule has 2 aromatic carbocycles. The van der Waals surface area contributed by atoms with Gasteiger partial charge < -0.3 is 24.4 Å². The molecule has 1 saturated heterocycles. The van der Waals surface area contributed by atoms with Crippen LogP contribution in [-0.4, -0.2) is 42.4 Å². The zero-order chi connectivity index (χ0) is 29.8. The number of alkyl halides is 2. The number of anilines is 2. The maximum Gasteiger partial charge on any atom is 0.583 e. The van der Waals surface area contributed by atoms with E-state index in [0.717, 1.165) is 16.7 Å². The van der Waals surface area contributed by atoms with Crippen LogP contribution in [0.1, 0.15) is 48.1 Å². The lowest BCUT2D eigenvalue weighted by molar-refractivity contribution is -0.0225. The zero-order valence-corrected chi connectivity index (χ0v) is 24.0. The summed E-state index contributed by atoms with van der Waals surface area (Å²) in [6.45, 7) is 5.74. The van der Waals surface area contributed by atoms with E-state index in [2.05, 4.69) is 15.5 Å². The average Bonchev–Trinajstić information content (AvgIpc) is 2.96. The number of benzene rings is 2. The number of pyridine rings is 1. The van der Waals surface area contributed by atoms with Gasteiger partial charge in [0, 0.05) is 42.5 Å². The molecule has 6 rings (SSSR count). The van der Waals surface area contributed by atoms with E-state index in [9.17, 15) is 18.6 Å². The van der Waals surface area contributed by atoms with E-state index in [0.29, 0.717) is 50.0 Å². The van der Waals surface area contributed by atoms with Crippen molar-refractivity contribution in [3.05, 3.63) is 80.1 Å². The van der Waals surface area contributed by atoms with Crippen molar-refractivity contribution in [2.24, 2.45) is 5.16 Å². The topological polar surface area (TPSA) is 100 Å². The summed E-state index contributed by atoms with van der Waals surface area (Å²) in [5, 5.41) is 18.1. The molecule has 0 spiro atoms. The number of hydrogen-bond donors (Lipinski definition) is 2. The van der Waals surface area contributed by atoms with Crippen LogP contribution in [0, 0.1) is 13.8 Å². The largest absolute Gasteiger partial charge is 0.583 e. The Labute approximate surface area is 246 Å². The molecule has 0 amide bonds. The summed E-state index contributed by atoms with van der Waals surface area (Å²) < 4.78 is 39.0. The van der Waals surface area contributed by atoms with Gasteiger partial charge in [-0.3, -0.25) is 4.79 Å². The van der Waals surface area contributed by atoms with Crippen molar-refractivity contribution in [3.8, 4) is 11.3 Å². The minimum atomic E-state index is -2.72. The molecule has 1 fully saturated rings. The lowest BCUT2D eigenvalue weighted by Crippen LogP contribution is -2.40. The standard InChI is InChI=1S/C30H28BClF2N4O4/c1-16-12-21(28-22(13-16)27(39)17(2)29(41-28)38-10-8-30(33,34)9-11-38)18(3)36-24-6-7-25(32)37-26(24)19-4-5-23-20(14-19)15-35-42-31(23)40/h4-7,12-15,18,36,40H,8-11H2,1-3H3/t18-/m0/s1. The molecule has 1 atom stereocenters. The smallest absolute Gasteiger partial charge is 0.440 e. The third-order valence-electron chi connectivity index (χ3n) is 7.83. The first-order chi connectivity index (χ1) is 20.0. The predicted molar refractivity (Wildman–Crippen MR) is 161 cm³/mol. The molecular formula is C30H28BClF2N4O4. The molecular weight excluding hydrogens is 565 g/mol. The highest BCUT2D eigenvalue weighted by Gasteiger charge is 2.35. The highest BCUT2D eigenvalue weighted by Crippen LogP contribution is 2.36. The molecule has 2 aliphatic rings. The number of piperidine rings is 1. The van der Waals surface area contributed by atoms with Crippen molar-refractivity contribution in [2.45, 2.75) is 45.6 Å². The van der Waals surface area contributed by atoms with Crippen LogP contribution in [0.4, 0.5) is 20.4 Å². The van der Waals surface area contributed by atoms with Crippen LogP contribution < -0.4 is 21.1 Å². The van der Waals surface area contributed by atoms with E-state index in [1.807, 2.05) is 38.1 Å². The summed E-state index contributed by atoms with van der Waals surface area (Å²) in [4.78, 5) is 19.8. The number of rotatable bonds is 5. The molecule has 0 aliphatic carbocycles. The minimum absolute atomic E-state index is 0.103. The van der Waals surface area contributed by atoms with Crippen molar-refractivity contribution in [1.82, 2.24) is 4.98 Å². The van der Waals surface area contributed by atoms with Crippen LogP contribution in [0.5, 0.6) is 0 Å². The van der Waals surface area contributed by atoms with Gasteiger partial charge in [0.1, 0.15) is 10.7 Å². The molecule has 12 heteroatoms. The van der Waals surface area contributed by atoms with Crippen LogP contribution in [0.2, 0.25) is 5.15 Å². The Morgan fingerprint density at radius 3 is 2.67 bits per heavy atom. The Balaban J connectivity index is 1.40. The molecule has 42 heavy (non-hydrogen) atoms. The van der Waals surface area contributed by atoms with Gasteiger partial charge in [-0.05, 0) is 56.2 Å². The summed E-state index contributed by atoms with van der Waals surface area (Å²) in [7, 11) is -1.15. The van der Waals surface area contributed by atoms with Crippen molar-refractivity contribution in [1.29, 1.82) is 0 Å². The minimum Gasteiger partial charge on any atom is -0.440 e. The summed E-state index contributed by atoms with van der Waals surface area (Å²) >= 11 is 6.30. The van der Waals surface area contributed by atoms with Gasteiger partial charge in [-0.15, -0.1) is 5.16 Å². The van der Waals surface area contributed by atoms with E-state index in [4.69, 9.17) is 20.8 Å². The van der Waals surface area contributed by atoms with Crippen molar-refractivity contribution >= 4 is 52.9 Å². The molecule has 2 N–H and O–H groups in total. The summed E-state index contributed by atoms with van der Waals surface area (Å²) in [6.07, 6.45) is 0.940. The van der Waals surface area contributed by atoms with E-state index in [-0.39, 0.29) is 37.4 Å². The first kappa shape index (κ1) is 28.2. The lowest BCUT2D eigenvalue weighted by Gasteiger charge is -2.33. The highest BCUT2D eigenvalue weighted by molar-refractivity contribution is 6.62. The third kappa shape index (κ3) is 5.23. The molecule has 4 aromatic rings. The van der Waals surface area contributed by atoms with E-state index >= 15 is 0 Å². The van der Waals surface area contributed by atoms with Crippen molar-refractivity contribution in [2.75, 3.05) is 23.3 Å². The number of oxime groups is 1. The Morgan fingerprint density at radius 2 is 1.90 bits per heavy atom. The Kier molecular flexibility index (Phi) is 7.18. The summed E-state index contributed by atoms with van der Waals surface area (Å²) in [5.74, 6) is -2.39. The summed E-state index contributed by atoms with van der Waals surface area (Å²) in [5.41, 5.74) is 5.53. The van der Waals surface area contributed by atoms with Crippen LogP contribution in [0.25, 0.3) is 22.2 Å². The van der Waals surface area contributed by atoms with Gasteiger partial charge in [0.15, 0.2) is 5.43 Å². The Morgan fingerprint density at radius 1 is 1.14 bits per heavy atom. The molecule has 4 heterocycles. The van der Waals surface area contributed by atoms with Crippen LogP contribution in [-0.2, 0) is 4.76 Å². The molecule has 8 nitrogen and oxygen atoms in total. The molecule has 0 unspecified atom stereocenters. The molecule has 0 bridgehead atoms. The predicted octanol–water partition coefficient (Wildman–Crippen LogP) is 5.59. The van der Waals surface area contributed by atoms with E-state index in [1.54, 1.807) is 30.0 Å². The van der Waals surface area contributed by atoms with Gasteiger partial charge in [0.2, 0.25) is 5.88 Å². The van der Waals surface area contributed by atoms with E-state index < -0.39 is 13.0 Å². The fourth-order valence-corrected chi connectivity index (χ4v) is 5.71. The number of halogens is 3. The van der Waals surface area contributed by atoms with Crippen LogP contribution in [0.3, 0.4) is 0 Å². The SMILES string of the molecule is Cc1cc([C@H](C)Nc2ccc(Cl)nc2-c2ccc3c(c2)C=NOB3O)c2oc(N3CCC(F)(F)CC3)c(C)c(=O)c2c1. The molecule has 216 valence electrons. The Bertz CT molecular complexity index is 1790. The molecule has 0 radical (unpaired) electrons. The van der Waals surface area contributed by atoms with Crippen molar-refractivity contribution < 1.29 is 23.0 Å². The number of nitrogens with one attached hydrogen (secondary N) is 1.